The molecule has 4 rings (SSSR count). The van der Waals surface area contributed by atoms with Gasteiger partial charge in [-0.1, -0.05) is 0 Å². The number of piperidine rings is 1. The minimum atomic E-state index is 0.173. The number of hydrogen-bond donors (Lipinski definition) is 1. The molecular formula is C18H25N5O. The highest BCUT2D eigenvalue weighted by molar-refractivity contribution is 5.79. The number of rotatable bonds is 3. The summed E-state index contributed by atoms with van der Waals surface area (Å²) in [5.74, 6) is 1.41. The Labute approximate surface area is 142 Å². The summed E-state index contributed by atoms with van der Waals surface area (Å²) >= 11 is 0. The van der Waals surface area contributed by atoms with Crippen molar-refractivity contribution in [1.82, 2.24) is 19.5 Å². The third kappa shape index (κ3) is 2.97. The van der Waals surface area contributed by atoms with Gasteiger partial charge in [0.15, 0.2) is 5.82 Å². The lowest BCUT2D eigenvalue weighted by molar-refractivity contribution is -0.136. The van der Waals surface area contributed by atoms with E-state index in [1.165, 1.54) is 6.42 Å². The van der Waals surface area contributed by atoms with E-state index in [1.807, 2.05) is 23.7 Å². The van der Waals surface area contributed by atoms with Crippen LogP contribution >= 0.6 is 0 Å². The van der Waals surface area contributed by atoms with Gasteiger partial charge in [-0.15, -0.1) is 0 Å². The molecule has 2 fully saturated rings. The van der Waals surface area contributed by atoms with Crippen LogP contribution in [0.1, 0.15) is 44.2 Å². The number of likely N-dealkylation sites (tertiary alicyclic amines) is 1. The standard InChI is InChI=1S/C18H25N5O/c1-13-11-16-17(19-7-10-23(16)21-13)20-15-6-5-14(12-15)18(24)22-8-3-2-4-9-22/h7,10-11,14-15H,2-6,8-9,12H2,1H3,(H,19,20)/t14-,15+/m1/s1. The molecule has 3 heterocycles. The molecule has 0 bridgehead atoms. The number of aryl methyl sites for hydroxylation is 1. The van der Waals surface area contributed by atoms with Gasteiger partial charge < -0.3 is 10.2 Å². The maximum Gasteiger partial charge on any atom is 0.225 e. The number of nitrogens with zero attached hydrogens (tertiary/aromatic N) is 4. The van der Waals surface area contributed by atoms with Crippen LogP contribution in [0, 0.1) is 12.8 Å². The summed E-state index contributed by atoms with van der Waals surface area (Å²) in [7, 11) is 0. The Kier molecular flexibility index (Phi) is 4.12. The second-order valence-electron chi connectivity index (χ2n) is 7.13. The molecule has 0 aromatic carbocycles. The summed E-state index contributed by atoms with van der Waals surface area (Å²) in [5.41, 5.74) is 1.98. The first-order valence-corrected chi connectivity index (χ1v) is 9.07. The molecule has 2 aliphatic rings. The van der Waals surface area contributed by atoms with Crippen molar-refractivity contribution < 1.29 is 4.79 Å². The molecule has 128 valence electrons. The highest BCUT2D eigenvalue weighted by Crippen LogP contribution is 2.31. The molecule has 24 heavy (non-hydrogen) atoms. The molecule has 1 aliphatic heterocycles. The van der Waals surface area contributed by atoms with Crippen LogP contribution in [-0.4, -0.2) is 44.5 Å². The van der Waals surface area contributed by atoms with E-state index in [0.29, 0.717) is 11.9 Å². The van der Waals surface area contributed by atoms with Crippen molar-refractivity contribution in [3.8, 4) is 0 Å². The third-order valence-corrected chi connectivity index (χ3v) is 5.30. The lowest BCUT2D eigenvalue weighted by atomic mass is 10.0. The number of amides is 1. The van der Waals surface area contributed by atoms with Crippen LogP contribution in [0.4, 0.5) is 5.82 Å². The molecule has 6 nitrogen and oxygen atoms in total. The van der Waals surface area contributed by atoms with Gasteiger partial charge in [0.1, 0.15) is 5.52 Å². The average molecular weight is 327 g/mol. The fourth-order valence-electron chi connectivity index (χ4n) is 4.06. The predicted molar refractivity (Wildman–Crippen MR) is 92.9 cm³/mol. The zero-order chi connectivity index (χ0) is 16.5. The van der Waals surface area contributed by atoms with Crippen LogP contribution in [0.2, 0.25) is 0 Å². The van der Waals surface area contributed by atoms with E-state index >= 15 is 0 Å². The number of carbonyl (C=O) groups excluding carboxylic acids is 1. The maximum absolute atomic E-state index is 12.7. The van der Waals surface area contributed by atoms with Gasteiger partial charge >= 0.3 is 0 Å². The lowest BCUT2D eigenvalue weighted by Crippen LogP contribution is -2.39. The summed E-state index contributed by atoms with van der Waals surface area (Å²) in [6.45, 7) is 3.88. The predicted octanol–water partition coefficient (Wildman–Crippen LogP) is 2.63. The van der Waals surface area contributed by atoms with E-state index in [9.17, 15) is 4.79 Å². The molecule has 1 saturated heterocycles. The summed E-state index contributed by atoms with van der Waals surface area (Å²) in [5, 5.41) is 7.97. The third-order valence-electron chi connectivity index (χ3n) is 5.30. The Bertz CT molecular complexity index is 734. The monoisotopic (exact) mass is 327 g/mol. The van der Waals surface area contributed by atoms with Crippen molar-refractivity contribution in [2.24, 2.45) is 5.92 Å². The van der Waals surface area contributed by atoms with E-state index < -0.39 is 0 Å². The Balaban J connectivity index is 1.42. The second kappa shape index (κ2) is 6.42. The number of anilines is 1. The summed E-state index contributed by atoms with van der Waals surface area (Å²) < 4.78 is 1.86. The van der Waals surface area contributed by atoms with Crippen LogP contribution in [-0.2, 0) is 4.79 Å². The smallest absolute Gasteiger partial charge is 0.225 e. The normalized spacial score (nSPS) is 24.5. The van der Waals surface area contributed by atoms with Crippen LogP contribution in [0.5, 0.6) is 0 Å². The van der Waals surface area contributed by atoms with Gasteiger partial charge in [-0.2, -0.15) is 5.10 Å². The van der Waals surface area contributed by atoms with E-state index in [1.54, 1.807) is 6.20 Å². The van der Waals surface area contributed by atoms with Crippen molar-refractivity contribution in [3.05, 3.63) is 24.2 Å². The van der Waals surface area contributed by atoms with Gasteiger partial charge in [0.25, 0.3) is 0 Å². The Hall–Kier alpha value is -2.11. The van der Waals surface area contributed by atoms with Crippen LogP contribution in [0.15, 0.2) is 18.5 Å². The number of nitrogens with one attached hydrogen (secondary N) is 1. The summed E-state index contributed by atoms with van der Waals surface area (Å²) in [6, 6.07) is 2.36. The number of carbonyl (C=O) groups is 1. The molecule has 2 aromatic heterocycles. The molecule has 1 amide bonds. The highest BCUT2D eigenvalue weighted by atomic mass is 16.2. The molecule has 0 spiro atoms. The maximum atomic E-state index is 12.7. The van der Waals surface area contributed by atoms with Crippen molar-refractivity contribution in [1.29, 1.82) is 0 Å². The Morgan fingerprint density at radius 3 is 2.92 bits per heavy atom. The largest absolute Gasteiger partial charge is 0.366 e. The first-order valence-electron chi connectivity index (χ1n) is 9.07. The SMILES string of the molecule is Cc1cc2c(N[C@H]3CC[C@@H](C(=O)N4CCCCC4)C3)nccn2n1. The first kappa shape index (κ1) is 15.4. The fourth-order valence-corrected chi connectivity index (χ4v) is 4.06. The van der Waals surface area contributed by atoms with Gasteiger partial charge in [-0.25, -0.2) is 9.50 Å². The molecule has 2 aromatic rings. The molecule has 0 unspecified atom stereocenters. The van der Waals surface area contributed by atoms with E-state index in [4.69, 9.17) is 0 Å². The van der Waals surface area contributed by atoms with Crippen LogP contribution < -0.4 is 5.32 Å². The fraction of sp³-hybridized carbons (Fsp3) is 0.611. The molecular weight excluding hydrogens is 302 g/mol. The Morgan fingerprint density at radius 1 is 1.25 bits per heavy atom. The molecule has 2 atom stereocenters. The molecule has 6 heteroatoms. The van der Waals surface area contributed by atoms with Gasteiger partial charge in [0, 0.05) is 37.4 Å². The van der Waals surface area contributed by atoms with E-state index in [-0.39, 0.29) is 5.92 Å². The number of hydrogen-bond acceptors (Lipinski definition) is 4. The topological polar surface area (TPSA) is 62.5 Å². The van der Waals surface area contributed by atoms with Crippen molar-refractivity contribution in [3.63, 3.8) is 0 Å². The number of aromatic nitrogens is 3. The minimum Gasteiger partial charge on any atom is -0.366 e. The van der Waals surface area contributed by atoms with Gasteiger partial charge in [-0.05, 0) is 51.5 Å². The van der Waals surface area contributed by atoms with Gasteiger partial charge in [0.2, 0.25) is 5.91 Å². The first-order chi connectivity index (χ1) is 11.7. The van der Waals surface area contributed by atoms with Gasteiger partial charge in [0.05, 0.1) is 5.69 Å². The van der Waals surface area contributed by atoms with Gasteiger partial charge in [-0.3, -0.25) is 4.79 Å². The van der Waals surface area contributed by atoms with Crippen LogP contribution in [0.3, 0.4) is 0 Å². The van der Waals surface area contributed by atoms with Crippen molar-refractivity contribution >= 4 is 17.2 Å². The van der Waals surface area contributed by atoms with Crippen molar-refractivity contribution in [2.45, 2.75) is 51.5 Å². The molecule has 1 aliphatic carbocycles. The van der Waals surface area contributed by atoms with E-state index in [0.717, 1.165) is 62.2 Å². The molecule has 1 saturated carbocycles. The minimum absolute atomic E-state index is 0.173. The quantitative estimate of drug-likeness (QED) is 0.941. The number of fused-ring (bicyclic) bond motifs is 1. The molecule has 0 radical (unpaired) electrons. The highest BCUT2D eigenvalue weighted by Gasteiger charge is 2.33. The zero-order valence-electron chi connectivity index (χ0n) is 14.2. The summed E-state index contributed by atoms with van der Waals surface area (Å²) in [4.78, 5) is 19.2. The second-order valence-corrected chi connectivity index (χ2v) is 7.13. The Morgan fingerprint density at radius 2 is 2.08 bits per heavy atom. The van der Waals surface area contributed by atoms with Crippen LogP contribution in [0.25, 0.3) is 5.52 Å². The van der Waals surface area contributed by atoms with E-state index in [2.05, 4.69) is 20.3 Å². The molecule has 1 N–H and O–H groups in total. The lowest BCUT2D eigenvalue weighted by Gasteiger charge is -2.29. The average Bonchev–Trinajstić information content (AvgIpc) is 3.21. The van der Waals surface area contributed by atoms with Crippen molar-refractivity contribution in [2.75, 3.05) is 18.4 Å². The zero-order valence-corrected chi connectivity index (χ0v) is 14.2. The summed E-state index contributed by atoms with van der Waals surface area (Å²) in [6.07, 6.45) is 10.1.